The number of hydrogen-bond acceptors (Lipinski definition) is 4. The van der Waals surface area contributed by atoms with Gasteiger partial charge < -0.3 is 9.47 Å². The number of carbonyl (C=O) groups is 1. The molecule has 1 saturated carbocycles. The van der Waals surface area contributed by atoms with Crippen LogP contribution in [0, 0.1) is 5.92 Å². The lowest BCUT2D eigenvalue weighted by atomic mass is 9.90. The normalized spacial score (nSPS) is 17.8. The van der Waals surface area contributed by atoms with E-state index in [9.17, 15) is 4.79 Å². The van der Waals surface area contributed by atoms with Crippen LogP contribution in [0.2, 0.25) is 0 Å². The van der Waals surface area contributed by atoms with Gasteiger partial charge in [0.25, 0.3) is 0 Å². The molecule has 1 amide bonds. The Morgan fingerprint density at radius 3 is 2.21 bits per heavy atom. The third kappa shape index (κ3) is 5.49. The summed E-state index contributed by atoms with van der Waals surface area (Å²) in [5.41, 5.74) is 2.64. The summed E-state index contributed by atoms with van der Waals surface area (Å²) in [6.07, 6.45) is 5.63. The molecule has 0 spiro atoms. The van der Waals surface area contributed by atoms with Crippen molar-refractivity contribution in [2.24, 2.45) is 5.92 Å². The van der Waals surface area contributed by atoms with Gasteiger partial charge in [-0.1, -0.05) is 72.4 Å². The van der Waals surface area contributed by atoms with Crippen LogP contribution in [0.1, 0.15) is 55.5 Å². The zero-order valence-corrected chi connectivity index (χ0v) is 20.1. The number of hydrogen-bond donors (Lipinski definition) is 0. The summed E-state index contributed by atoms with van der Waals surface area (Å²) in [6.45, 7) is 4.48. The number of rotatable bonds is 8. The molecule has 0 bridgehead atoms. The van der Waals surface area contributed by atoms with Gasteiger partial charge in [-0.15, -0.1) is 10.2 Å². The Balaban J connectivity index is 1.20. The molecule has 2 aliphatic rings. The third-order valence-electron chi connectivity index (χ3n) is 6.79. The average Bonchev–Trinajstić information content (AvgIpc) is 3.63. The Labute approximate surface area is 200 Å². The molecular weight excluding hydrogens is 428 g/mol. The van der Waals surface area contributed by atoms with Crippen molar-refractivity contribution in [2.75, 3.05) is 13.1 Å². The van der Waals surface area contributed by atoms with Crippen LogP contribution < -0.4 is 0 Å². The molecule has 0 unspecified atom stereocenters. The first-order chi connectivity index (χ1) is 16.2. The highest BCUT2D eigenvalue weighted by Crippen LogP contribution is 2.40. The lowest BCUT2D eigenvalue weighted by Crippen LogP contribution is -2.42. The van der Waals surface area contributed by atoms with Crippen LogP contribution in [-0.4, -0.2) is 43.9 Å². The fourth-order valence-electron chi connectivity index (χ4n) is 4.72. The fourth-order valence-corrected chi connectivity index (χ4v) is 5.66. The zero-order valence-electron chi connectivity index (χ0n) is 19.3. The molecule has 33 heavy (non-hydrogen) atoms. The van der Waals surface area contributed by atoms with Gasteiger partial charge in [0.2, 0.25) is 5.91 Å². The van der Waals surface area contributed by atoms with Gasteiger partial charge in [-0.3, -0.25) is 4.79 Å². The van der Waals surface area contributed by atoms with Crippen molar-refractivity contribution in [1.82, 2.24) is 19.7 Å². The SMILES string of the molecule is C[C@H](Sc1nnc(C2CC2)n1Cc1ccccc1)C(=O)N1CCC(Cc2ccccc2)CC1. The Bertz CT molecular complexity index is 1060. The first-order valence-electron chi connectivity index (χ1n) is 12.1. The molecule has 1 aliphatic heterocycles. The van der Waals surface area contributed by atoms with Gasteiger partial charge in [-0.25, -0.2) is 0 Å². The Morgan fingerprint density at radius 2 is 1.58 bits per heavy atom. The van der Waals surface area contributed by atoms with E-state index < -0.39 is 0 Å². The number of carbonyl (C=O) groups excluding carboxylic acids is 1. The van der Waals surface area contributed by atoms with Gasteiger partial charge in [0, 0.05) is 19.0 Å². The molecule has 1 aliphatic carbocycles. The smallest absolute Gasteiger partial charge is 0.235 e. The van der Waals surface area contributed by atoms with Crippen LogP contribution >= 0.6 is 11.8 Å². The van der Waals surface area contributed by atoms with Gasteiger partial charge in [-0.05, 0) is 56.1 Å². The highest BCUT2D eigenvalue weighted by Gasteiger charge is 2.32. The van der Waals surface area contributed by atoms with E-state index in [2.05, 4.69) is 74.3 Å². The number of likely N-dealkylation sites (tertiary alicyclic amines) is 1. The topological polar surface area (TPSA) is 51.0 Å². The minimum Gasteiger partial charge on any atom is -0.342 e. The lowest BCUT2D eigenvalue weighted by Gasteiger charge is -2.33. The van der Waals surface area contributed by atoms with Gasteiger partial charge in [0.1, 0.15) is 5.82 Å². The predicted octanol–water partition coefficient (Wildman–Crippen LogP) is 5.17. The molecule has 172 valence electrons. The van der Waals surface area contributed by atoms with E-state index in [4.69, 9.17) is 0 Å². The highest BCUT2D eigenvalue weighted by atomic mass is 32.2. The van der Waals surface area contributed by atoms with E-state index in [-0.39, 0.29) is 11.2 Å². The number of benzene rings is 2. The molecule has 0 radical (unpaired) electrons. The zero-order chi connectivity index (χ0) is 22.6. The first-order valence-corrected chi connectivity index (χ1v) is 13.0. The summed E-state index contributed by atoms with van der Waals surface area (Å²) in [4.78, 5) is 15.3. The van der Waals surface area contributed by atoms with Crippen molar-refractivity contribution in [3.05, 3.63) is 77.6 Å². The van der Waals surface area contributed by atoms with Crippen LogP contribution in [0.4, 0.5) is 0 Å². The molecule has 2 aromatic carbocycles. The summed E-state index contributed by atoms with van der Waals surface area (Å²) in [7, 11) is 0. The molecule has 2 fully saturated rings. The summed E-state index contributed by atoms with van der Waals surface area (Å²) in [5.74, 6) is 2.47. The molecule has 0 N–H and O–H groups in total. The number of piperidine rings is 1. The van der Waals surface area contributed by atoms with Crippen molar-refractivity contribution < 1.29 is 4.79 Å². The molecular formula is C27H32N4OS. The predicted molar refractivity (Wildman–Crippen MR) is 132 cm³/mol. The molecule has 2 heterocycles. The maximum Gasteiger partial charge on any atom is 0.235 e. The molecule has 6 heteroatoms. The Hall–Kier alpha value is -2.60. The highest BCUT2D eigenvalue weighted by molar-refractivity contribution is 8.00. The van der Waals surface area contributed by atoms with Crippen LogP contribution in [-0.2, 0) is 17.8 Å². The van der Waals surface area contributed by atoms with Gasteiger partial charge in [0.05, 0.1) is 11.8 Å². The summed E-state index contributed by atoms with van der Waals surface area (Å²) in [5, 5.41) is 9.72. The van der Waals surface area contributed by atoms with Crippen LogP contribution in [0.25, 0.3) is 0 Å². The minimum atomic E-state index is -0.165. The summed E-state index contributed by atoms with van der Waals surface area (Å²) in [6, 6.07) is 21.1. The number of amides is 1. The van der Waals surface area contributed by atoms with E-state index >= 15 is 0 Å². The summed E-state index contributed by atoms with van der Waals surface area (Å²) < 4.78 is 2.23. The molecule has 5 rings (SSSR count). The van der Waals surface area contributed by atoms with Crippen molar-refractivity contribution in [1.29, 1.82) is 0 Å². The Morgan fingerprint density at radius 1 is 0.939 bits per heavy atom. The van der Waals surface area contributed by atoms with Crippen molar-refractivity contribution in [2.45, 2.75) is 61.9 Å². The van der Waals surface area contributed by atoms with Gasteiger partial charge in [-0.2, -0.15) is 0 Å². The monoisotopic (exact) mass is 460 g/mol. The van der Waals surface area contributed by atoms with Crippen molar-refractivity contribution in [3.63, 3.8) is 0 Å². The van der Waals surface area contributed by atoms with E-state index in [0.29, 0.717) is 11.8 Å². The number of aromatic nitrogens is 3. The van der Waals surface area contributed by atoms with Crippen molar-refractivity contribution in [3.8, 4) is 0 Å². The average molecular weight is 461 g/mol. The maximum absolute atomic E-state index is 13.2. The second kappa shape index (κ2) is 10.1. The molecule has 3 aromatic rings. The van der Waals surface area contributed by atoms with Gasteiger partial charge in [0.15, 0.2) is 5.16 Å². The molecule has 1 atom stereocenters. The van der Waals surface area contributed by atoms with Crippen LogP contribution in [0.15, 0.2) is 65.8 Å². The standard InChI is InChI=1S/C27H32N4OS/c1-20(26(32)30-16-14-22(15-17-30)18-21-8-4-2-5-9-21)33-27-29-28-25(24-12-13-24)31(27)19-23-10-6-3-7-11-23/h2-11,20,22,24H,12-19H2,1H3/t20-/m0/s1. The maximum atomic E-state index is 13.2. The summed E-state index contributed by atoms with van der Waals surface area (Å²) >= 11 is 1.56. The minimum absolute atomic E-state index is 0.165. The van der Waals surface area contributed by atoms with E-state index in [1.54, 1.807) is 11.8 Å². The fraction of sp³-hybridized carbons (Fsp3) is 0.444. The quantitative estimate of drug-likeness (QED) is 0.436. The van der Waals surface area contributed by atoms with Crippen LogP contribution in [0.3, 0.4) is 0 Å². The van der Waals surface area contributed by atoms with Crippen LogP contribution in [0.5, 0.6) is 0 Å². The second-order valence-electron chi connectivity index (χ2n) is 9.41. The van der Waals surface area contributed by atoms with Crippen molar-refractivity contribution >= 4 is 17.7 Å². The van der Waals surface area contributed by atoms with E-state index in [0.717, 1.165) is 49.9 Å². The van der Waals surface area contributed by atoms with Gasteiger partial charge >= 0.3 is 0 Å². The molecule has 1 aromatic heterocycles. The first kappa shape index (κ1) is 22.2. The number of nitrogens with zero attached hydrogens (tertiary/aromatic N) is 4. The second-order valence-corrected chi connectivity index (χ2v) is 10.7. The van der Waals surface area contributed by atoms with E-state index in [1.165, 1.54) is 24.0 Å². The Kier molecular flexibility index (Phi) is 6.81. The third-order valence-corrected chi connectivity index (χ3v) is 7.86. The lowest BCUT2D eigenvalue weighted by molar-refractivity contribution is -0.131. The number of thioether (sulfide) groups is 1. The van der Waals surface area contributed by atoms with E-state index in [1.807, 2.05) is 13.0 Å². The largest absolute Gasteiger partial charge is 0.342 e. The molecule has 5 nitrogen and oxygen atoms in total. The molecule has 1 saturated heterocycles.